The Morgan fingerprint density at radius 1 is 0.688 bits per heavy atom. The van der Waals surface area contributed by atoms with Crippen LogP contribution in [0.15, 0.2) is 0 Å². The number of hydrogen-bond donors (Lipinski definition) is 2. The van der Waals surface area contributed by atoms with Gasteiger partial charge in [-0.3, -0.25) is 0 Å². The van der Waals surface area contributed by atoms with Crippen LogP contribution < -0.4 is 11.5 Å². The van der Waals surface area contributed by atoms with Gasteiger partial charge in [-0.2, -0.15) is 0 Å². The van der Waals surface area contributed by atoms with E-state index in [4.69, 9.17) is 11.5 Å². The highest BCUT2D eigenvalue weighted by Crippen LogP contribution is 2.25. The van der Waals surface area contributed by atoms with Gasteiger partial charge in [0.1, 0.15) is 0 Å². The van der Waals surface area contributed by atoms with Gasteiger partial charge in [0.05, 0.1) is 5.66 Å². The van der Waals surface area contributed by atoms with Crippen molar-refractivity contribution < 1.29 is 0 Å². The van der Waals surface area contributed by atoms with Gasteiger partial charge in [0.15, 0.2) is 0 Å². The van der Waals surface area contributed by atoms with E-state index in [1.165, 1.54) is 70.6 Å². The van der Waals surface area contributed by atoms with Crippen molar-refractivity contribution in [3.8, 4) is 0 Å². The summed E-state index contributed by atoms with van der Waals surface area (Å²) >= 11 is 0. The van der Waals surface area contributed by atoms with E-state index in [0.29, 0.717) is 5.92 Å². The molecule has 1 fully saturated rings. The van der Waals surface area contributed by atoms with Crippen molar-refractivity contribution in [3.63, 3.8) is 0 Å². The van der Waals surface area contributed by atoms with Crippen molar-refractivity contribution in [2.75, 3.05) is 0 Å². The van der Waals surface area contributed by atoms with Gasteiger partial charge in [0.25, 0.3) is 0 Å². The second kappa shape index (κ2) is 7.29. The Morgan fingerprint density at radius 2 is 1.00 bits per heavy atom. The van der Waals surface area contributed by atoms with Crippen LogP contribution in [0, 0.1) is 5.92 Å². The molecule has 0 aromatic rings. The maximum absolute atomic E-state index is 6.07. The van der Waals surface area contributed by atoms with Gasteiger partial charge in [-0.25, -0.2) is 0 Å². The van der Waals surface area contributed by atoms with E-state index < -0.39 is 5.66 Å². The van der Waals surface area contributed by atoms with Gasteiger partial charge in [-0.15, -0.1) is 0 Å². The summed E-state index contributed by atoms with van der Waals surface area (Å²) in [5, 5.41) is 0. The van der Waals surface area contributed by atoms with Crippen LogP contribution in [0.4, 0.5) is 0 Å². The molecule has 0 heterocycles. The molecule has 1 aliphatic carbocycles. The molecule has 0 spiro atoms. The average Bonchev–Trinajstić information content (AvgIpc) is 2.16. The van der Waals surface area contributed by atoms with E-state index in [1.54, 1.807) is 0 Å². The van der Waals surface area contributed by atoms with Crippen LogP contribution >= 0.6 is 0 Å². The standard InChI is InChI=1S/C14H30N2/c1-14(15,16)13-11-9-7-5-3-2-4-6-8-10-12-13/h13H,2-12,15-16H2,1H3. The van der Waals surface area contributed by atoms with Crippen LogP contribution in [0.25, 0.3) is 0 Å². The molecular formula is C14H30N2. The molecule has 0 unspecified atom stereocenters. The summed E-state index contributed by atoms with van der Waals surface area (Å²) in [5.41, 5.74) is 11.7. The van der Waals surface area contributed by atoms with Gasteiger partial charge in [-0.1, -0.05) is 57.8 Å². The number of rotatable bonds is 1. The fourth-order valence-corrected chi connectivity index (χ4v) is 2.79. The summed E-state index contributed by atoms with van der Waals surface area (Å²) in [7, 11) is 0. The quantitative estimate of drug-likeness (QED) is 0.672. The highest BCUT2D eigenvalue weighted by Gasteiger charge is 2.24. The highest BCUT2D eigenvalue weighted by molar-refractivity contribution is 4.80. The molecule has 2 heteroatoms. The normalized spacial score (nSPS) is 23.4. The Balaban J connectivity index is 2.36. The number of hydrogen-bond acceptors (Lipinski definition) is 2. The molecule has 2 nitrogen and oxygen atoms in total. The molecule has 0 aliphatic heterocycles. The fraction of sp³-hybridized carbons (Fsp3) is 1.00. The Hall–Kier alpha value is -0.0800. The monoisotopic (exact) mass is 226 g/mol. The lowest BCUT2D eigenvalue weighted by atomic mass is 9.85. The molecule has 96 valence electrons. The van der Waals surface area contributed by atoms with Crippen LogP contribution in [0.5, 0.6) is 0 Å². The van der Waals surface area contributed by atoms with Crippen LogP contribution in [0.1, 0.15) is 77.6 Å². The molecule has 0 atom stereocenters. The topological polar surface area (TPSA) is 52.0 Å². The van der Waals surface area contributed by atoms with E-state index in [9.17, 15) is 0 Å². The SMILES string of the molecule is CC(N)(N)C1CCCCCCCCCCC1. The van der Waals surface area contributed by atoms with Crippen molar-refractivity contribution in [3.05, 3.63) is 0 Å². The molecule has 0 radical (unpaired) electrons. The Bertz CT molecular complexity index is 160. The predicted octanol–water partition coefficient (Wildman–Crippen LogP) is 3.54. The third-order valence-corrected chi connectivity index (χ3v) is 3.98. The first-order valence-corrected chi connectivity index (χ1v) is 7.18. The van der Waals surface area contributed by atoms with Crippen LogP contribution in [0.2, 0.25) is 0 Å². The van der Waals surface area contributed by atoms with Crippen LogP contribution in [-0.2, 0) is 0 Å². The van der Waals surface area contributed by atoms with E-state index in [-0.39, 0.29) is 0 Å². The van der Waals surface area contributed by atoms with Gasteiger partial charge in [-0.05, 0) is 25.7 Å². The van der Waals surface area contributed by atoms with E-state index in [0.717, 1.165) is 0 Å². The van der Waals surface area contributed by atoms with Gasteiger partial charge in [0, 0.05) is 0 Å². The van der Waals surface area contributed by atoms with Gasteiger partial charge in [0.2, 0.25) is 0 Å². The maximum Gasteiger partial charge on any atom is 0.0636 e. The lowest BCUT2D eigenvalue weighted by Gasteiger charge is -2.30. The molecule has 0 aromatic heterocycles. The molecule has 1 rings (SSSR count). The van der Waals surface area contributed by atoms with Crippen LogP contribution in [-0.4, -0.2) is 5.66 Å². The summed E-state index contributed by atoms with van der Waals surface area (Å²) in [6.45, 7) is 1.99. The summed E-state index contributed by atoms with van der Waals surface area (Å²) in [4.78, 5) is 0. The zero-order chi connectivity index (χ0) is 11.9. The Kier molecular flexibility index (Phi) is 6.37. The van der Waals surface area contributed by atoms with Crippen molar-refractivity contribution in [2.24, 2.45) is 17.4 Å². The third-order valence-electron chi connectivity index (χ3n) is 3.98. The van der Waals surface area contributed by atoms with E-state index in [2.05, 4.69) is 0 Å². The van der Waals surface area contributed by atoms with Crippen molar-refractivity contribution in [1.82, 2.24) is 0 Å². The molecule has 0 saturated heterocycles. The van der Waals surface area contributed by atoms with E-state index >= 15 is 0 Å². The predicted molar refractivity (Wildman–Crippen MR) is 71.1 cm³/mol. The zero-order valence-electron chi connectivity index (χ0n) is 11.0. The molecular weight excluding hydrogens is 196 g/mol. The first kappa shape index (κ1) is 14.0. The third kappa shape index (κ3) is 5.86. The molecule has 1 saturated carbocycles. The molecule has 1 aliphatic rings. The first-order chi connectivity index (χ1) is 7.61. The summed E-state index contributed by atoms with van der Waals surface area (Å²) in [6, 6.07) is 0. The smallest absolute Gasteiger partial charge is 0.0636 e. The first-order valence-electron chi connectivity index (χ1n) is 7.18. The molecule has 16 heavy (non-hydrogen) atoms. The summed E-state index contributed by atoms with van der Waals surface area (Å²) in [6.07, 6.45) is 14.9. The lowest BCUT2D eigenvalue weighted by Crippen LogP contribution is -2.52. The minimum atomic E-state index is -0.468. The zero-order valence-corrected chi connectivity index (χ0v) is 11.0. The van der Waals surface area contributed by atoms with Crippen molar-refractivity contribution in [1.29, 1.82) is 0 Å². The molecule has 0 amide bonds. The van der Waals surface area contributed by atoms with E-state index in [1.807, 2.05) is 6.92 Å². The Morgan fingerprint density at radius 3 is 1.31 bits per heavy atom. The molecule has 0 bridgehead atoms. The van der Waals surface area contributed by atoms with Crippen molar-refractivity contribution in [2.45, 2.75) is 83.2 Å². The largest absolute Gasteiger partial charge is 0.313 e. The second-order valence-corrected chi connectivity index (χ2v) is 5.82. The summed E-state index contributed by atoms with van der Waals surface area (Å²) < 4.78 is 0. The average molecular weight is 226 g/mol. The fourth-order valence-electron chi connectivity index (χ4n) is 2.79. The highest BCUT2D eigenvalue weighted by atomic mass is 14.9. The lowest BCUT2D eigenvalue weighted by molar-refractivity contribution is 0.252. The second-order valence-electron chi connectivity index (χ2n) is 5.82. The minimum absolute atomic E-state index is 0.468. The number of nitrogens with two attached hydrogens (primary N) is 2. The maximum atomic E-state index is 6.07. The molecule has 0 aromatic carbocycles. The Labute approximate surface area is 101 Å². The van der Waals surface area contributed by atoms with Crippen molar-refractivity contribution >= 4 is 0 Å². The van der Waals surface area contributed by atoms with Gasteiger partial charge < -0.3 is 11.5 Å². The van der Waals surface area contributed by atoms with Crippen LogP contribution in [0.3, 0.4) is 0 Å². The van der Waals surface area contributed by atoms with Gasteiger partial charge >= 0.3 is 0 Å². The summed E-state index contributed by atoms with van der Waals surface area (Å²) in [5.74, 6) is 0.520. The minimum Gasteiger partial charge on any atom is -0.313 e. The molecule has 4 N–H and O–H groups in total.